The molecule has 3 rings (SSSR count). The Hall–Kier alpha value is -2.08. The van der Waals surface area contributed by atoms with Crippen molar-refractivity contribution in [3.8, 4) is 5.75 Å². The summed E-state index contributed by atoms with van der Waals surface area (Å²) in [6.45, 7) is 3.39. The number of hydrogen-bond donors (Lipinski definition) is 2. The maximum absolute atomic E-state index is 12.8. The lowest BCUT2D eigenvalue weighted by atomic mass is 9.92. The molecule has 2 unspecified atom stereocenters. The second-order valence-electron chi connectivity index (χ2n) is 6.07. The average molecular weight is 303 g/mol. The van der Waals surface area contributed by atoms with E-state index in [1.165, 1.54) is 0 Å². The Kier molecular flexibility index (Phi) is 4.02. The molecule has 1 aromatic carbocycles. The number of likely N-dealkylation sites (tertiary alicyclic amines) is 1. The topological polar surface area (TPSA) is 84.7 Å². The lowest BCUT2D eigenvalue weighted by molar-refractivity contribution is -0.118. The number of amides is 2. The number of piperidine rings is 1. The van der Waals surface area contributed by atoms with Crippen LogP contribution in [0.15, 0.2) is 18.2 Å². The number of nitrogens with zero attached hydrogens (tertiary/aromatic N) is 1. The van der Waals surface area contributed by atoms with Crippen molar-refractivity contribution in [3.05, 3.63) is 23.8 Å². The van der Waals surface area contributed by atoms with Crippen LogP contribution in [0, 0.1) is 5.92 Å². The first-order valence-corrected chi connectivity index (χ1v) is 7.66. The largest absolute Gasteiger partial charge is 0.482 e. The minimum atomic E-state index is -0.181. The predicted molar refractivity (Wildman–Crippen MR) is 82.8 cm³/mol. The van der Waals surface area contributed by atoms with Gasteiger partial charge < -0.3 is 20.7 Å². The van der Waals surface area contributed by atoms with Crippen LogP contribution in [-0.4, -0.2) is 42.5 Å². The quantitative estimate of drug-likeness (QED) is 0.860. The van der Waals surface area contributed by atoms with Crippen molar-refractivity contribution in [2.24, 2.45) is 11.7 Å². The highest BCUT2D eigenvalue weighted by Gasteiger charge is 2.30. The summed E-state index contributed by atoms with van der Waals surface area (Å²) in [5.74, 6) is 0.935. The predicted octanol–water partition coefficient (Wildman–Crippen LogP) is 1.22. The number of hydrogen-bond acceptors (Lipinski definition) is 4. The number of ether oxygens (including phenoxy) is 1. The highest BCUT2D eigenvalue weighted by molar-refractivity contribution is 5.99. The molecule has 6 heteroatoms. The average Bonchev–Trinajstić information content (AvgIpc) is 2.53. The Morgan fingerprint density at radius 1 is 1.50 bits per heavy atom. The molecule has 22 heavy (non-hydrogen) atoms. The Labute approximate surface area is 129 Å². The van der Waals surface area contributed by atoms with Crippen molar-refractivity contribution in [1.82, 2.24) is 4.90 Å². The molecule has 2 heterocycles. The first-order chi connectivity index (χ1) is 10.6. The summed E-state index contributed by atoms with van der Waals surface area (Å²) in [4.78, 5) is 25.9. The van der Waals surface area contributed by atoms with Crippen molar-refractivity contribution >= 4 is 17.5 Å². The van der Waals surface area contributed by atoms with Gasteiger partial charge in [0.1, 0.15) is 5.75 Å². The molecule has 0 radical (unpaired) electrons. The summed E-state index contributed by atoms with van der Waals surface area (Å²) in [7, 11) is 0. The second-order valence-corrected chi connectivity index (χ2v) is 6.07. The molecule has 2 aliphatic rings. The fourth-order valence-corrected chi connectivity index (χ4v) is 3.12. The van der Waals surface area contributed by atoms with Crippen LogP contribution < -0.4 is 15.8 Å². The Morgan fingerprint density at radius 2 is 2.32 bits per heavy atom. The van der Waals surface area contributed by atoms with E-state index in [1.54, 1.807) is 18.2 Å². The van der Waals surface area contributed by atoms with E-state index >= 15 is 0 Å². The van der Waals surface area contributed by atoms with Crippen LogP contribution in [0.4, 0.5) is 5.69 Å². The normalized spacial score (nSPS) is 24.3. The number of fused-ring (bicyclic) bond motifs is 1. The smallest absolute Gasteiger partial charge is 0.262 e. The lowest BCUT2D eigenvalue weighted by Gasteiger charge is -2.38. The fourth-order valence-electron chi connectivity index (χ4n) is 3.12. The van der Waals surface area contributed by atoms with Crippen molar-refractivity contribution < 1.29 is 14.3 Å². The van der Waals surface area contributed by atoms with Gasteiger partial charge in [0.2, 0.25) is 0 Å². The van der Waals surface area contributed by atoms with Gasteiger partial charge >= 0.3 is 0 Å². The van der Waals surface area contributed by atoms with Crippen molar-refractivity contribution in [1.29, 1.82) is 0 Å². The summed E-state index contributed by atoms with van der Waals surface area (Å²) in [6.07, 6.45) is 1.94. The highest BCUT2D eigenvalue weighted by atomic mass is 16.5. The minimum Gasteiger partial charge on any atom is -0.482 e. The molecule has 2 amide bonds. The Bertz CT molecular complexity index is 602. The molecule has 2 atom stereocenters. The van der Waals surface area contributed by atoms with Crippen LogP contribution in [0.2, 0.25) is 0 Å². The van der Waals surface area contributed by atoms with Crippen LogP contribution in [-0.2, 0) is 4.79 Å². The van der Waals surface area contributed by atoms with Gasteiger partial charge in [0, 0.05) is 24.7 Å². The molecule has 3 N–H and O–H groups in total. The number of rotatable bonds is 2. The third-order valence-corrected chi connectivity index (χ3v) is 4.37. The van der Waals surface area contributed by atoms with Crippen LogP contribution >= 0.6 is 0 Å². The zero-order valence-electron chi connectivity index (χ0n) is 12.7. The summed E-state index contributed by atoms with van der Waals surface area (Å²) in [6, 6.07) is 5.22. The molecule has 118 valence electrons. The molecule has 0 saturated carbocycles. The zero-order chi connectivity index (χ0) is 15.7. The van der Waals surface area contributed by atoms with Gasteiger partial charge in [-0.3, -0.25) is 9.59 Å². The number of nitrogens with two attached hydrogens (primary N) is 1. The SMILES string of the molecule is CC1CCN(C(=O)c2ccc3c(c2)OCC(=O)N3)C(CN)C1. The van der Waals surface area contributed by atoms with Gasteiger partial charge in [0.25, 0.3) is 11.8 Å². The van der Waals surface area contributed by atoms with Crippen LogP contribution in [0.5, 0.6) is 5.75 Å². The number of nitrogens with one attached hydrogen (secondary N) is 1. The summed E-state index contributed by atoms with van der Waals surface area (Å²) in [5.41, 5.74) is 7.01. The molecule has 1 saturated heterocycles. The molecular formula is C16H21N3O3. The maximum Gasteiger partial charge on any atom is 0.262 e. The van der Waals surface area contributed by atoms with E-state index in [1.807, 2.05) is 4.90 Å². The van der Waals surface area contributed by atoms with Gasteiger partial charge in [0.05, 0.1) is 5.69 Å². The van der Waals surface area contributed by atoms with Crippen molar-refractivity contribution in [2.75, 3.05) is 25.0 Å². The molecular weight excluding hydrogens is 282 g/mol. The zero-order valence-corrected chi connectivity index (χ0v) is 12.7. The molecule has 0 aliphatic carbocycles. The van der Waals surface area contributed by atoms with E-state index in [0.29, 0.717) is 29.5 Å². The first-order valence-electron chi connectivity index (χ1n) is 7.66. The van der Waals surface area contributed by atoms with E-state index in [0.717, 1.165) is 19.4 Å². The molecule has 6 nitrogen and oxygen atoms in total. The number of benzene rings is 1. The van der Waals surface area contributed by atoms with Crippen LogP contribution in [0.25, 0.3) is 0 Å². The molecule has 0 bridgehead atoms. The molecule has 0 spiro atoms. The first kappa shape index (κ1) is 14.8. The van der Waals surface area contributed by atoms with Gasteiger partial charge in [0.15, 0.2) is 6.61 Å². The summed E-state index contributed by atoms with van der Waals surface area (Å²) in [5, 5.41) is 2.72. The highest BCUT2D eigenvalue weighted by Crippen LogP contribution is 2.30. The number of anilines is 1. The monoisotopic (exact) mass is 303 g/mol. The molecule has 0 aromatic heterocycles. The lowest BCUT2D eigenvalue weighted by Crippen LogP contribution is -2.49. The van der Waals surface area contributed by atoms with E-state index in [4.69, 9.17) is 10.5 Å². The van der Waals surface area contributed by atoms with E-state index in [-0.39, 0.29) is 24.5 Å². The summed E-state index contributed by atoms with van der Waals surface area (Å²) >= 11 is 0. The second kappa shape index (κ2) is 5.96. The van der Waals surface area contributed by atoms with Gasteiger partial charge in [-0.15, -0.1) is 0 Å². The fraction of sp³-hybridized carbons (Fsp3) is 0.500. The number of carbonyl (C=O) groups excluding carboxylic acids is 2. The molecule has 1 aromatic rings. The maximum atomic E-state index is 12.8. The summed E-state index contributed by atoms with van der Waals surface area (Å²) < 4.78 is 5.38. The van der Waals surface area contributed by atoms with E-state index in [2.05, 4.69) is 12.2 Å². The van der Waals surface area contributed by atoms with Crippen LogP contribution in [0.3, 0.4) is 0 Å². The minimum absolute atomic E-state index is 0.0166. The van der Waals surface area contributed by atoms with Crippen molar-refractivity contribution in [2.45, 2.75) is 25.8 Å². The van der Waals surface area contributed by atoms with Gasteiger partial charge in [-0.25, -0.2) is 0 Å². The van der Waals surface area contributed by atoms with Gasteiger partial charge in [-0.05, 0) is 37.0 Å². The van der Waals surface area contributed by atoms with E-state index < -0.39 is 0 Å². The van der Waals surface area contributed by atoms with Gasteiger partial charge in [-0.1, -0.05) is 6.92 Å². The number of carbonyl (C=O) groups is 2. The van der Waals surface area contributed by atoms with Gasteiger partial charge in [-0.2, -0.15) is 0 Å². The molecule has 2 aliphatic heterocycles. The third kappa shape index (κ3) is 2.78. The van der Waals surface area contributed by atoms with Crippen molar-refractivity contribution in [3.63, 3.8) is 0 Å². The Balaban J connectivity index is 1.81. The Morgan fingerprint density at radius 3 is 3.09 bits per heavy atom. The van der Waals surface area contributed by atoms with Crippen LogP contribution in [0.1, 0.15) is 30.1 Å². The third-order valence-electron chi connectivity index (χ3n) is 4.37. The van der Waals surface area contributed by atoms with E-state index in [9.17, 15) is 9.59 Å². The standard InChI is InChI=1S/C16H21N3O3/c1-10-4-5-19(12(6-10)8-17)16(21)11-2-3-13-14(7-11)22-9-15(20)18-13/h2-3,7,10,12H,4-6,8-9,17H2,1H3,(H,18,20). The molecule has 1 fully saturated rings.